The number of rotatable bonds is 1. The second-order valence-electron chi connectivity index (χ2n) is 4.27. The maximum Gasteiger partial charge on any atom is 0.140 e. The van der Waals surface area contributed by atoms with Crippen molar-refractivity contribution in [3.05, 3.63) is 46.4 Å². The summed E-state index contributed by atoms with van der Waals surface area (Å²) in [6, 6.07) is 10.6. The minimum atomic E-state index is 0.0576. The highest BCUT2D eigenvalue weighted by Gasteiger charge is 2.13. The highest BCUT2D eigenvalue weighted by molar-refractivity contribution is 6.35. The van der Waals surface area contributed by atoms with Crippen molar-refractivity contribution in [2.75, 3.05) is 0 Å². The molecule has 0 saturated carbocycles. The van der Waals surface area contributed by atoms with Crippen molar-refractivity contribution in [2.24, 2.45) is 7.05 Å². The molecule has 0 aliphatic rings. The fourth-order valence-corrected chi connectivity index (χ4v) is 2.60. The van der Waals surface area contributed by atoms with E-state index in [1.54, 1.807) is 18.2 Å². The first-order valence-corrected chi connectivity index (χ1v) is 6.43. The predicted molar refractivity (Wildman–Crippen MR) is 77.8 cm³/mol. The zero-order valence-electron chi connectivity index (χ0n) is 10.1. The molecule has 5 heteroatoms. The number of fused-ring (bicyclic) bond motifs is 1. The van der Waals surface area contributed by atoms with Crippen LogP contribution in [-0.2, 0) is 7.05 Å². The molecular weight excluding hydrogens is 283 g/mol. The minimum Gasteiger partial charge on any atom is -0.506 e. The molecule has 0 aliphatic heterocycles. The van der Waals surface area contributed by atoms with Gasteiger partial charge < -0.3 is 9.67 Å². The van der Waals surface area contributed by atoms with Crippen molar-refractivity contribution >= 4 is 34.2 Å². The molecule has 1 N–H and O–H groups in total. The Morgan fingerprint density at radius 3 is 2.58 bits per heavy atom. The number of para-hydroxylation sites is 1. The summed E-state index contributed by atoms with van der Waals surface area (Å²) in [6.07, 6.45) is 0. The van der Waals surface area contributed by atoms with Gasteiger partial charge in [-0.1, -0.05) is 29.3 Å². The molecule has 0 saturated heterocycles. The molecule has 0 unspecified atom stereocenters. The molecule has 1 aromatic heterocycles. The molecule has 0 bridgehead atoms. The third-order valence-corrected chi connectivity index (χ3v) is 3.66. The van der Waals surface area contributed by atoms with Crippen molar-refractivity contribution in [1.82, 2.24) is 9.55 Å². The van der Waals surface area contributed by atoms with Crippen molar-refractivity contribution in [1.29, 1.82) is 0 Å². The van der Waals surface area contributed by atoms with Gasteiger partial charge >= 0.3 is 0 Å². The third-order valence-electron chi connectivity index (χ3n) is 3.05. The lowest BCUT2D eigenvalue weighted by molar-refractivity contribution is 0.475. The van der Waals surface area contributed by atoms with Crippen molar-refractivity contribution in [3.63, 3.8) is 0 Å². The number of phenols is 1. The molecule has 3 nitrogen and oxygen atoms in total. The number of aromatic nitrogens is 2. The summed E-state index contributed by atoms with van der Waals surface area (Å²) in [5.74, 6) is 0.812. The summed E-state index contributed by atoms with van der Waals surface area (Å²) in [6.45, 7) is 0. The Kier molecular flexibility index (Phi) is 2.88. The van der Waals surface area contributed by atoms with Crippen LogP contribution in [0.15, 0.2) is 36.4 Å². The van der Waals surface area contributed by atoms with Gasteiger partial charge in [-0.15, -0.1) is 0 Å². The molecule has 0 aliphatic carbocycles. The van der Waals surface area contributed by atoms with Crippen LogP contribution in [0.3, 0.4) is 0 Å². The van der Waals surface area contributed by atoms with Gasteiger partial charge in [-0.2, -0.15) is 0 Å². The Balaban J connectivity index is 2.28. The lowest BCUT2D eigenvalue weighted by Gasteiger charge is -2.04. The van der Waals surface area contributed by atoms with Crippen molar-refractivity contribution < 1.29 is 5.11 Å². The van der Waals surface area contributed by atoms with Crippen LogP contribution in [-0.4, -0.2) is 14.7 Å². The molecule has 96 valence electrons. The van der Waals surface area contributed by atoms with Gasteiger partial charge in [-0.25, -0.2) is 4.98 Å². The van der Waals surface area contributed by atoms with Crippen LogP contribution in [0, 0.1) is 0 Å². The first-order chi connectivity index (χ1) is 9.08. The van der Waals surface area contributed by atoms with Gasteiger partial charge in [0.1, 0.15) is 11.6 Å². The molecule has 0 atom stereocenters. The summed E-state index contributed by atoms with van der Waals surface area (Å²) in [4.78, 5) is 4.55. The lowest BCUT2D eigenvalue weighted by Crippen LogP contribution is -1.92. The average molecular weight is 293 g/mol. The summed E-state index contributed by atoms with van der Waals surface area (Å²) >= 11 is 12.1. The molecule has 1 heterocycles. The second-order valence-corrected chi connectivity index (χ2v) is 5.08. The van der Waals surface area contributed by atoms with Gasteiger partial charge in [-0.3, -0.25) is 0 Å². The molecule has 0 spiro atoms. The molecule has 19 heavy (non-hydrogen) atoms. The van der Waals surface area contributed by atoms with Gasteiger partial charge in [0.15, 0.2) is 0 Å². The number of halogens is 2. The summed E-state index contributed by atoms with van der Waals surface area (Å²) < 4.78 is 1.92. The lowest BCUT2D eigenvalue weighted by atomic mass is 10.2. The van der Waals surface area contributed by atoms with Crippen LogP contribution in [0.5, 0.6) is 5.75 Å². The standard InChI is InChI=1S/C14H10Cl2N2O/c1-18-13-9(15)3-2-4-11(13)17-14(18)8-5-6-12(19)10(16)7-8/h2-7,19H,1H3. The Hall–Kier alpha value is -1.71. The Morgan fingerprint density at radius 2 is 1.89 bits per heavy atom. The SMILES string of the molecule is Cn1c(-c2ccc(O)c(Cl)c2)nc2cccc(Cl)c21. The number of hydrogen-bond acceptors (Lipinski definition) is 2. The number of aromatic hydroxyl groups is 1. The third kappa shape index (κ3) is 1.95. The molecule has 0 fully saturated rings. The quantitative estimate of drug-likeness (QED) is 0.728. The average Bonchev–Trinajstić information content (AvgIpc) is 2.72. The number of nitrogens with zero attached hydrogens (tertiary/aromatic N) is 2. The zero-order valence-corrected chi connectivity index (χ0v) is 11.6. The fourth-order valence-electron chi connectivity index (χ4n) is 2.13. The molecule has 0 radical (unpaired) electrons. The highest BCUT2D eigenvalue weighted by Crippen LogP contribution is 2.32. The van der Waals surface area contributed by atoms with Crippen LogP contribution < -0.4 is 0 Å². The number of hydrogen-bond donors (Lipinski definition) is 1. The van der Waals surface area contributed by atoms with Crippen LogP contribution in [0.1, 0.15) is 0 Å². The van der Waals surface area contributed by atoms with E-state index in [1.807, 2.05) is 29.8 Å². The minimum absolute atomic E-state index is 0.0576. The topological polar surface area (TPSA) is 38.0 Å². The molecule has 3 aromatic rings. The first kappa shape index (κ1) is 12.3. The van der Waals surface area contributed by atoms with E-state index in [0.717, 1.165) is 22.4 Å². The van der Waals surface area contributed by atoms with Crippen molar-refractivity contribution in [2.45, 2.75) is 0 Å². The Morgan fingerprint density at radius 1 is 1.11 bits per heavy atom. The zero-order chi connectivity index (χ0) is 13.6. The highest BCUT2D eigenvalue weighted by atomic mass is 35.5. The van der Waals surface area contributed by atoms with Gasteiger partial charge in [0.05, 0.1) is 21.1 Å². The van der Waals surface area contributed by atoms with E-state index in [9.17, 15) is 5.11 Å². The van der Waals surface area contributed by atoms with E-state index in [-0.39, 0.29) is 5.75 Å². The predicted octanol–water partition coefficient (Wildman–Crippen LogP) is 4.25. The summed E-state index contributed by atoms with van der Waals surface area (Å²) in [5.41, 5.74) is 2.54. The number of benzene rings is 2. The maximum atomic E-state index is 9.46. The van der Waals surface area contributed by atoms with E-state index in [0.29, 0.717) is 10.0 Å². The fraction of sp³-hybridized carbons (Fsp3) is 0.0714. The van der Waals surface area contributed by atoms with E-state index in [1.165, 1.54) is 0 Å². The Bertz CT molecular complexity index is 780. The summed E-state index contributed by atoms with van der Waals surface area (Å²) in [5, 5.41) is 10.4. The van der Waals surface area contributed by atoms with E-state index >= 15 is 0 Å². The van der Waals surface area contributed by atoms with Crippen LogP contribution in [0.4, 0.5) is 0 Å². The van der Waals surface area contributed by atoms with Crippen LogP contribution in [0.25, 0.3) is 22.4 Å². The number of aryl methyl sites for hydroxylation is 1. The Labute approximate surface area is 120 Å². The molecule has 0 amide bonds. The van der Waals surface area contributed by atoms with Crippen molar-refractivity contribution in [3.8, 4) is 17.1 Å². The largest absolute Gasteiger partial charge is 0.506 e. The van der Waals surface area contributed by atoms with Gasteiger partial charge in [-0.05, 0) is 30.3 Å². The number of phenolic OH excluding ortho intramolecular Hbond substituents is 1. The monoisotopic (exact) mass is 292 g/mol. The normalized spacial score (nSPS) is 11.1. The van der Waals surface area contributed by atoms with E-state index in [2.05, 4.69) is 4.98 Å². The molecular formula is C14H10Cl2N2O. The second kappa shape index (κ2) is 4.44. The van der Waals surface area contributed by atoms with Crippen LogP contribution >= 0.6 is 23.2 Å². The molecule has 2 aromatic carbocycles. The van der Waals surface area contributed by atoms with Crippen LogP contribution in [0.2, 0.25) is 10.0 Å². The van der Waals surface area contributed by atoms with Gasteiger partial charge in [0, 0.05) is 12.6 Å². The first-order valence-electron chi connectivity index (χ1n) is 5.68. The summed E-state index contributed by atoms with van der Waals surface area (Å²) in [7, 11) is 1.90. The van der Waals surface area contributed by atoms with Gasteiger partial charge in [0.25, 0.3) is 0 Å². The smallest absolute Gasteiger partial charge is 0.140 e. The van der Waals surface area contributed by atoms with Gasteiger partial charge in [0.2, 0.25) is 0 Å². The number of imidazole rings is 1. The molecule has 3 rings (SSSR count). The van der Waals surface area contributed by atoms with E-state index < -0.39 is 0 Å². The maximum absolute atomic E-state index is 9.46. The van der Waals surface area contributed by atoms with E-state index in [4.69, 9.17) is 23.2 Å².